The number of aliphatic hydroxyl groups is 1. The topological polar surface area (TPSA) is 74.4 Å². The number of rotatable bonds is 4. The van der Waals surface area contributed by atoms with E-state index in [0.29, 0.717) is 12.6 Å². The molecule has 0 amide bonds. The summed E-state index contributed by atoms with van der Waals surface area (Å²) >= 11 is 1.60. The van der Waals surface area contributed by atoms with Crippen molar-refractivity contribution in [3.63, 3.8) is 0 Å². The van der Waals surface area contributed by atoms with E-state index >= 15 is 0 Å². The Hall–Kier alpha value is -1.96. The molecule has 1 fully saturated rings. The largest absolute Gasteiger partial charge is 0.424 e. The van der Waals surface area contributed by atoms with E-state index in [1.54, 1.807) is 11.3 Å². The average molecular weight is 330 g/mol. The summed E-state index contributed by atoms with van der Waals surface area (Å²) in [5, 5.41) is 15.7. The highest BCUT2D eigenvalue weighted by molar-refractivity contribution is 7.07. The van der Waals surface area contributed by atoms with Crippen LogP contribution in [0.2, 0.25) is 0 Å². The fraction of sp³-hybridized carbons (Fsp3) is 0.375. The van der Waals surface area contributed by atoms with Gasteiger partial charge in [-0.25, -0.2) is 4.98 Å². The first-order valence-corrected chi connectivity index (χ1v) is 8.62. The molecule has 0 radical (unpaired) electrons. The molecule has 1 aliphatic rings. The van der Waals surface area contributed by atoms with Crippen LogP contribution in [-0.4, -0.2) is 45.2 Å². The predicted octanol–water partition coefficient (Wildman–Crippen LogP) is 2.33. The number of likely N-dealkylation sites (tertiary alicyclic amines) is 1. The molecule has 6 nitrogen and oxygen atoms in total. The Labute approximate surface area is 137 Å². The second-order valence-electron chi connectivity index (χ2n) is 5.81. The number of nitrogens with zero attached hydrogens (tertiary/aromatic N) is 3. The van der Waals surface area contributed by atoms with Crippen LogP contribution in [0, 0.1) is 0 Å². The molecule has 2 aromatic heterocycles. The van der Waals surface area contributed by atoms with Crippen molar-refractivity contribution in [2.45, 2.75) is 25.1 Å². The Morgan fingerprint density at radius 1 is 1.39 bits per heavy atom. The van der Waals surface area contributed by atoms with Crippen molar-refractivity contribution in [2.75, 3.05) is 18.4 Å². The van der Waals surface area contributed by atoms with Crippen LogP contribution in [0.1, 0.15) is 12.1 Å². The normalized spacial score (nSPS) is 22.5. The first-order chi connectivity index (χ1) is 11.3. The van der Waals surface area contributed by atoms with Gasteiger partial charge in [-0.2, -0.15) is 4.98 Å². The lowest BCUT2D eigenvalue weighted by Gasteiger charge is -2.35. The maximum absolute atomic E-state index is 10.4. The summed E-state index contributed by atoms with van der Waals surface area (Å²) in [4.78, 5) is 10.9. The van der Waals surface area contributed by atoms with Crippen LogP contribution in [-0.2, 0) is 6.54 Å². The van der Waals surface area contributed by atoms with Gasteiger partial charge in [-0.05, 0) is 18.6 Å². The van der Waals surface area contributed by atoms with Gasteiger partial charge < -0.3 is 14.8 Å². The van der Waals surface area contributed by atoms with Gasteiger partial charge in [0, 0.05) is 25.0 Å². The number of piperidine rings is 1. The Morgan fingerprint density at radius 2 is 2.30 bits per heavy atom. The summed E-state index contributed by atoms with van der Waals surface area (Å²) < 4.78 is 5.68. The van der Waals surface area contributed by atoms with Crippen LogP contribution in [0.15, 0.2) is 39.6 Å². The standard InChI is InChI=1S/C16H18N4O2S/c21-14-8-20(7-11-9-23-10-17-11)6-5-12(14)18-16-19-13-3-1-2-4-15(13)22-16/h1-4,9-10,12,14,21H,5-8H2,(H,18,19)/t12-,14-/m1/s1. The summed E-state index contributed by atoms with van der Waals surface area (Å²) in [5.74, 6) is 0. The lowest BCUT2D eigenvalue weighted by molar-refractivity contribution is 0.0549. The molecule has 4 rings (SSSR count). The molecule has 2 atom stereocenters. The molecule has 23 heavy (non-hydrogen) atoms. The van der Waals surface area contributed by atoms with E-state index < -0.39 is 6.10 Å². The van der Waals surface area contributed by atoms with Gasteiger partial charge in [-0.3, -0.25) is 4.90 Å². The van der Waals surface area contributed by atoms with Gasteiger partial charge in [-0.1, -0.05) is 12.1 Å². The Balaban J connectivity index is 1.39. The van der Waals surface area contributed by atoms with Crippen molar-refractivity contribution in [2.24, 2.45) is 0 Å². The second kappa shape index (κ2) is 6.27. The van der Waals surface area contributed by atoms with E-state index in [-0.39, 0.29) is 6.04 Å². The van der Waals surface area contributed by atoms with Crippen molar-refractivity contribution in [1.82, 2.24) is 14.9 Å². The zero-order valence-corrected chi connectivity index (χ0v) is 13.4. The molecule has 3 aromatic rings. The fourth-order valence-electron chi connectivity index (χ4n) is 2.95. The summed E-state index contributed by atoms with van der Waals surface area (Å²) in [6, 6.07) is 8.08. The number of aromatic nitrogens is 2. The minimum absolute atomic E-state index is 0.0465. The number of fused-ring (bicyclic) bond motifs is 1. The lowest BCUT2D eigenvalue weighted by Crippen LogP contribution is -2.49. The summed E-state index contributed by atoms with van der Waals surface area (Å²) in [6.45, 7) is 2.32. The van der Waals surface area contributed by atoms with Crippen LogP contribution < -0.4 is 5.32 Å². The number of β-amino-alcohol motifs (C(OH)–C–C–N with tert-alkyl or cyclic N) is 1. The van der Waals surface area contributed by atoms with E-state index in [9.17, 15) is 5.11 Å². The minimum atomic E-state index is -0.461. The van der Waals surface area contributed by atoms with E-state index in [2.05, 4.69) is 25.6 Å². The van der Waals surface area contributed by atoms with Crippen LogP contribution >= 0.6 is 11.3 Å². The average Bonchev–Trinajstić information content (AvgIpc) is 3.18. The van der Waals surface area contributed by atoms with Gasteiger partial charge in [0.1, 0.15) is 5.52 Å². The molecule has 120 valence electrons. The van der Waals surface area contributed by atoms with Crippen LogP contribution in [0.4, 0.5) is 6.01 Å². The highest BCUT2D eigenvalue weighted by Crippen LogP contribution is 2.22. The first-order valence-electron chi connectivity index (χ1n) is 7.67. The molecule has 7 heteroatoms. The maximum atomic E-state index is 10.4. The van der Waals surface area contributed by atoms with E-state index in [1.165, 1.54) is 0 Å². The molecule has 0 bridgehead atoms. The number of aliphatic hydroxyl groups excluding tert-OH is 1. The van der Waals surface area contributed by atoms with Crippen LogP contribution in [0.25, 0.3) is 11.1 Å². The van der Waals surface area contributed by atoms with Crippen molar-refractivity contribution < 1.29 is 9.52 Å². The molecule has 1 aliphatic heterocycles. The predicted molar refractivity (Wildman–Crippen MR) is 89.4 cm³/mol. The van der Waals surface area contributed by atoms with Crippen molar-refractivity contribution in [3.05, 3.63) is 40.8 Å². The molecular formula is C16H18N4O2S. The zero-order chi connectivity index (χ0) is 15.6. The number of anilines is 1. The van der Waals surface area contributed by atoms with Crippen LogP contribution in [0.3, 0.4) is 0 Å². The van der Waals surface area contributed by atoms with Gasteiger partial charge in [0.05, 0.1) is 23.4 Å². The summed E-state index contributed by atoms with van der Waals surface area (Å²) in [7, 11) is 0. The zero-order valence-electron chi connectivity index (χ0n) is 12.6. The fourth-order valence-corrected chi connectivity index (χ4v) is 3.50. The number of hydrogen-bond donors (Lipinski definition) is 2. The molecule has 0 spiro atoms. The van der Waals surface area contributed by atoms with E-state index in [4.69, 9.17) is 4.42 Å². The lowest BCUT2D eigenvalue weighted by atomic mass is 10.0. The summed E-state index contributed by atoms with van der Waals surface area (Å²) in [6.07, 6.45) is 0.377. The van der Waals surface area contributed by atoms with Gasteiger partial charge in [-0.15, -0.1) is 11.3 Å². The SMILES string of the molecule is O[C@@H]1CN(Cc2cscn2)CC[C@H]1Nc1nc2ccccc2o1. The monoisotopic (exact) mass is 330 g/mol. The molecule has 0 unspecified atom stereocenters. The number of para-hydroxylation sites is 2. The second-order valence-corrected chi connectivity index (χ2v) is 6.53. The van der Waals surface area contributed by atoms with Crippen molar-refractivity contribution in [3.8, 4) is 0 Å². The summed E-state index contributed by atoms with van der Waals surface area (Å²) in [5.41, 5.74) is 4.48. The van der Waals surface area contributed by atoms with Gasteiger partial charge >= 0.3 is 0 Å². The molecule has 0 saturated carbocycles. The number of thiazole rings is 1. The first kappa shape index (κ1) is 14.6. The van der Waals surface area contributed by atoms with Crippen LogP contribution in [0.5, 0.6) is 0 Å². The number of benzene rings is 1. The van der Waals surface area contributed by atoms with Crippen molar-refractivity contribution in [1.29, 1.82) is 0 Å². The molecule has 2 N–H and O–H groups in total. The van der Waals surface area contributed by atoms with Crippen molar-refractivity contribution >= 4 is 28.5 Å². The minimum Gasteiger partial charge on any atom is -0.424 e. The highest BCUT2D eigenvalue weighted by atomic mass is 32.1. The van der Waals surface area contributed by atoms with E-state index in [1.807, 2.05) is 29.8 Å². The van der Waals surface area contributed by atoms with E-state index in [0.717, 1.165) is 36.3 Å². The molecular weight excluding hydrogens is 312 g/mol. The third-order valence-electron chi connectivity index (χ3n) is 4.14. The Morgan fingerprint density at radius 3 is 3.09 bits per heavy atom. The molecule has 0 aliphatic carbocycles. The molecule has 1 aromatic carbocycles. The quantitative estimate of drug-likeness (QED) is 0.765. The highest BCUT2D eigenvalue weighted by Gasteiger charge is 2.28. The van der Waals surface area contributed by atoms with Gasteiger partial charge in [0.2, 0.25) is 0 Å². The number of nitrogens with one attached hydrogen (secondary N) is 1. The maximum Gasteiger partial charge on any atom is 0.295 e. The van der Waals surface area contributed by atoms with Gasteiger partial charge in [0.25, 0.3) is 6.01 Å². The smallest absolute Gasteiger partial charge is 0.295 e. The molecule has 1 saturated heterocycles. The number of hydrogen-bond acceptors (Lipinski definition) is 7. The third-order valence-corrected chi connectivity index (χ3v) is 4.77. The van der Waals surface area contributed by atoms with Gasteiger partial charge in [0.15, 0.2) is 5.58 Å². The number of oxazole rings is 1. The third kappa shape index (κ3) is 3.21. The Kier molecular flexibility index (Phi) is 3.99. The Bertz CT molecular complexity index is 740. The molecule has 3 heterocycles.